The lowest BCUT2D eigenvalue weighted by molar-refractivity contribution is 0.102. The molecule has 1 N–H and O–H groups in total. The van der Waals surface area contributed by atoms with Crippen LogP contribution in [0.15, 0.2) is 78.2 Å². The maximum absolute atomic E-state index is 12.9. The first-order valence-corrected chi connectivity index (χ1v) is 11.0. The van der Waals surface area contributed by atoms with E-state index in [0.29, 0.717) is 16.7 Å². The van der Waals surface area contributed by atoms with Crippen LogP contribution in [-0.2, 0) is 13.1 Å². The zero-order valence-corrected chi connectivity index (χ0v) is 18.0. The predicted molar refractivity (Wildman–Crippen MR) is 125 cm³/mol. The molecule has 0 radical (unpaired) electrons. The molecule has 152 valence electrons. The van der Waals surface area contributed by atoms with E-state index < -0.39 is 0 Å². The summed E-state index contributed by atoms with van der Waals surface area (Å²) in [7, 11) is 0. The number of thiazole rings is 1. The Morgan fingerprint density at radius 1 is 0.967 bits per heavy atom. The maximum atomic E-state index is 12.9. The van der Waals surface area contributed by atoms with Crippen molar-refractivity contribution in [2.75, 3.05) is 5.32 Å². The molecule has 0 bridgehead atoms. The lowest BCUT2D eigenvalue weighted by Gasteiger charge is -2.25. The molecule has 1 amide bonds. The number of fused-ring (bicyclic) bond motifs is 1. The molecular weight excluding hydrogens is 390 g/mol. The highest BCUT2D eigenvalue weighted by Gasteiger charge is 2.15. The summed E-state index contributed by atoms with van der Waals surface area (Å²) in [5, 5.41) is 7.63. The van der Waals surface area contributed by atoms with Crippen LogP contribution >= 0.6 is 11.3 Å². The van der Waals surface area contributed by atoms with Gasteiger partial charge in [-0.15, -0.1) is 11.3 Å². The van der Waals surface area contributed by atoms with E-state index in [1.165, 1.54) is 16.9 Å². The van der Waals surface area contributed by atoms with Crippen molar-refractivity contribution in [3.8, 4) is 0 Å². The summed E-state index contributed by atoms with van der Waals surface area (Å²) >= 11 is 1.47. The SMILES string of the molecule is CC(C)N(Cc1ccccc1)Cc1csc(NC(=O)c2cccc3ccccc23)n1. The standard InChI is InChI=1S/C25H25N3OS/c1-18(2)28(15-19-9-4-3-5-10-19)16-21-17-30-25(26-21)27-24(29)23-14-8-12-20-11-6-7-13-22(20)23/h3-14,17-18H,15-16H2,1-2H3,(H,26,27,29). The van der Waals surface area contributed by atoms with Crippen molar-refractivity contribution in [2.24, 2.45) is 0 Å². The monoisotopic (exact) mass is 415 g/mol. The summed E-state index contributed by atoms with van der Waals surface area (Å²) in [5.41, 5.74) is 2.92. The van der Waals surface area contributed by atoms with E-state index in [1.54, 1.807) is 0 Å². The van der Waals surface area contributed by atoms with Crippen molar-refractivity contribution < 1.29 is 4.79 Å². The van der Waals surface area contributed by atoms with Crippen molar-refractivity contribution in [1.82, 2.24) is 9.88 Å². The molecular formula is C25H25N3OS. The molecule has 0 saturated heterocycles. The van der Waals surface area contributed by atoms with Crippen molar-refractivity contribution in [2.45, 2.75) is 33.0 Å². The number of hydrogen-bond donors (Lipinski definition) is 1. The van der Waals surface area contributed by atoms with Gasteiger partial charge in [-0.3, -0.25) is 15.0 Å². The fourth-order valence-corrected chi connectivity index (χ4v) is 4.17. The van der Waals surface area contributed by atoms with Crippen LogP contribution in [0.2, 0.25) is 0 Å². The van der Waals surface area contributed by atoms with E-state index in [9.17, 15) is 4.79 Å². The molecule has 0 unspecified atom stereocenters. The lowest BCUT2D eigenvalue weighted by Crippen LogP contribution is -2.30. The van der Waals surface area contributed by atoms with Gasteiger partial charge in [0, 0.05) is 30.1 Å². The van der Waals surface area contributed by atoms with Crippen LogP contribution in [0.5, 0.6) is 0 Å². The van der Waals surface area contributed by atoms with Crippen LogP contribution in [0.4, 0.5) is 5.13 Å². The van der Waals surface area contributed by atoms with Crippen LogP contribution in [0.1, 0.15) is 35.5 Å². The third-order valence-electron chi connectivity index (χ3n) is 5.13. The maximum Gasteiger partial charge on any atom is 0.258 e. The molecule has 3 aromatic carbocycles. The number of benzene rings is 3. The van der Waals surface area contributed by atoms with Gasteiger partial charge in [0.2, 0.25) is 0 Å². The Hall–Kier alpha value is -3.02. The number of carbonyl (C=O) groups excluding carboxylic acids is 1. The lowest BCUT2D eigenvalue weighted by atomic mass is 10.0. The molecule has 5 heteroatoms. The summed E-state index contributed by atoms with van der Waals surface area (Å²) < 4.78 is 0. The molecule has 4 rings (SSSR count). The first-order valence-electron chi connectivity index (χ1n) is 10.1. The molecule has 1 heterocycles. The number of rotatable bonds is 7. The molecule has 4 aromatic rings. The van der Waals surface area contributed by atoms with E-state index in [1.807, 2.05) is 53.9 Å². The van der Waals surface area contributed by atoms with Gasteiger partial charge in [0.05, 0.1) is 5.69 Å². The highest BCUT2D eigenvalue weighted by molar-refractivity contribution is 7.14. The molecule has 30 heavy (non-hydrogen) atoms. The van der Waals surface area contributed by atoms with Crippen molar-refractivity contribution in [1.29, 1.82) is 0 Å². The topological polar surface area (TPSA) is 45.2 Å². The zero-order valence-electron chi connectivity index (χ0n) is 17.2. The van der Waals surface area contributed by atoms with E-state index in [0.717, 1.165) is 29.6 Å². The van der Waals surface area contributed by atoms with E-state index in [4.69, 9.17) is 0 Å². The Bertz CT molecular complexity index is 1130. The zero-order chi connectivity index (χ0) is 20.9. The first-order chi connectivity index (χ1) is 14.6. The minimum absolute atomic E-state index is 0.127. The van der Waals surface area contributed by atoms with Gasteiger partial charge in [0.1, 0.15) is 0 Å². The Morgan fingerprint density at radius 3 is 2.50 bits per heavy atom. The Balaban J connectivity index is 1.46. The van der Waals surface area contributed by atoms with Gasteiger partial charge < -0.3 is 0 Å². The molecule has 0 spiro atoms. The van der Waals surface area contributed by atoms with Crippen LogP contribution < -0.4 is 5.32 Å². The number of carbonyl (C=O) groups is 1. The van der Waals surface area contributed by atoms with Gasteiger partial charge in [-0.2, -0.15) is 0 Å². The van der Waals surface area contributed by atoms with Crippen LogP contribution in [-0.4, -0.2) is 21.8 Å². The fourth-order valence-electron chi connectivity index (χ4n) is 3.47. The first kappa shape index (κ1) is 20.3. The van der Waals surface area contributed by atoms with E-state index in [2.05, 4.69) is 53.3 Å². The predicted octanol–water partition coefficient (Wildman–Crippen LogP) is 5.96. The number of nitrogens with zero attached hydrogens (tertiary/aromatic N) is 2. The van der Waals surface area contributed by atoms with Crippen molar-refractivity contribution in [3.05, 3.63) is 95.0 Å². The fraction of sp³-hybridized carbons (Fsp3) is 0.200. The van der Waals surface area contributed by atoms with Crippen LogP contribution in [0.3, 0.4) is 0 Å². The number of anilines is 1. The number of nitrogens with one attached hydrogen (secondary N) is 1. The Morgan fingerprint density at radius 2 is 1.70 bits per heavy atom. The molecule has 1 aromatic heterocycles. The Kier molecular flexibility index (Phi) is 6.21. The molecule has 0 fully saturated rings. The average molecular weight is 416 g/mol. The molecule has 0 aliphatic carbocycles. The third-order valence-corrected chi connectivity index (χ3v) is 5.94. The number of aromatic nitrogens is 1. The molecule has 0 aliphatic rings. The van der Waals surface area contributed by atoms with Gasteiger partial charge >= 0.3 is 0 Å². The van der Waals surface area contributed by atoms with Crippen molar-refractivity contribution in [3.63, 3.8) is 0 Å². The smallest absolute Gasteiger partial charge is 0.258 e. The second-order valence-electron chi connectivity index (χ2n) is 7.61. The minimum Gasteiger partial charge on any atom is -0.298 e. The quantitative estimate of drug-likeness (QED) is 0.405. The Labute approximate surface area is 181 Å². The van der Waals surface area contributed by atoms with Gasteiger partial charge in [0.15, 0.2) is 5.13 Å². The second-order valence-corrected chi connectivity index (χ2v) is 8.47. The third kappa shape index (κ3) is 4.75. The van der Waals surface area contributed by atoms with Crippen LogP contribution in [0, 0.1) is 0 Å². The summed E-state index contributed by atoms with van der Waals surface area (Å²) in [5.74, 6) is -0.127. The van der Waals surface area contributed by atoms with Gasteiger partial charge in [-0.1, -0.05) is 66.7 Å². The van der Waals surface area contributed by atoms with Crippen molar-refractivity contribution >= 4 is 33.1 Å². The van der Waals surface area contributed by atoms with Gasteiger partial charge in [-0.25, -0.2) is 4.98 Å². The normalized spacial score (nSPS) is 11.3. The second kappa shape index (κ2) is 9.20. The van der Waals surface area contributed by atoms with E-state index in [-0.39, 0.29) is 5.91 Å². The molecule has 4 nitrogen and oxygen atoms in total. The highest BCUT2D eigenvalue weighted by atomic mass is 32.1. The summed E-state index contributed by atoms with van der Waals surface area (Å²) in [4.78, 5) is 19.9. The highest BCUT2D eigenvalue weighted by Crippen LogP contribution is 2.22. The van der Waals surface area contributed by atoms with Crippen LogP contribution in [0.25, 0.3) is 10.8 Å². The summed E-state index contributed by atoms with van der Waals surface area (Å²) in [6.07, 6.45) is 0. The minimum atomic E-state index is -0.127. The molecule has 0 aliphatic heterocycles. The molecule has 0 atom stereocenters. The number of amides is 1. The summed E-state index contributed by atoms with van der Waals surface area (Å²) in [6, 6.07) is 24.5. The molecule has 0 saturated carbocycles. The average Bonchev–Trinajstić information content (AvgIpc) is 3.20. The number of hydrogen-bond acceptors (Lipinski definition) is 4. The van der Waals surface area contributed by atoms with Gasteiger partial charge in [-0.05, 0) is 36.2 Å². The largest absolute Gasteiger partial charge is 0.298 e. The van der Waals surface area contributed by atoms with E-state index >= 15 is 0 Å². The van der Waals surface area contributed by atoms with Gasteiger partial charge in [0.25, 0.3) is 5.91 Å². The summed E-state index contributed by atoms with van der Waals surface area (Å²) in [6.45, 7) is 6.00.